The predicted molar refractivity (Wildman–Crippen MR) is 67.0 cm³/mol. The Balaban J connectivity index is 2.05. The standard InChI is InChI=1S/C12H16N4O2/c1-7(2)10-9(13)11(16-15-10)12(17)14-6-8-4-3-5-18-8/h3-5,7H,6,13H2,1-2H3,(H,14,17)(H,15,16). The predicted octanol–water partition coefficient (Wildman–Crippen LogP) is 1.64. The van der Waals surface area contributed by atoms with E-state index in [4.69, 9.17) is 10.2 Å². The van der Waals surface area contributed by atoms with E-state index >= 15 is 0 Å². The highest BCUT2D eigenvalue weighted by Gasteiger charge is 2.18. The highest BCUT2D eigenvalue weighted by atomic mass is 16.3. The van der Waals surface area contributed by atoms with E-state index < -0.39 is 0 Å². The van der Waals surface area contributed by atoms with Crippen LogP contribution in [0.2, 0.25) is 0 Å². The first-order chi connectivity index (χ1) is 8.59. The van der Waals surface area contributed by atoms with Crippen LogP contribution in [0.15, 0.2) is 22.8 Å². The number of nitrogen functional groups attached to an aromatic ring is 1. The molecule has 0 aromatic carbocycles. The van der Waals surface area contributed by atoms with Crippen LogP contribution in [-0.2, 0) is 6.54 Å². The summed E-state index contributed by atoms with van der Waals surface area (Å²) in [5.41, 5.74) is 7.28. The second kappa shape index (κ2) is 4.95. The van der Waals surface area contributed by atoms with Crippen LogP contribution in [0.1, 0.15) is 41.7 Å². The van der Waals surface area contributed by atoms with E-state index in [2.05, 4.69) is 15.5 Å². The molecule has 4 N–H and O–H groups in total. The molecule has 2 aromatic rings. The molecule has 0 saturated carbocycles. The Kier molecular flexibility index (Phi) is 3.36. The smallest absolute Gasteiger partial charge is 0.274 e. The number of hydrogen-bond acceptors (Lipinski definition) is 4. The number of rotatable bonds is 4. The molecule has 0 saturated heterocycles. The molecule has 0 bridgehead atoms. The zero-order chi connectivity index (χ0) is 13.1. The fourth-order valence-corrected chi connectivity index (χ4v) is 1.64. The molecule has 6 heteroatoms. The average molecular weight is 248 g/mol. The molecule has 96 valence electrons. The Morgan fingerprint density at radius 3 is 2.94 bits per heavy atom. The van der Waals surface area contributed by atoms with Crippen LogP contribution < -0.4 is 11.1 Å². The minimum absolute atomic E-state index is 0.198. The van der Waals surface area contributed by atoms with Crippen LogP contribution in [-0.4, -0.2) is 16.1 Å². The largest absolute Gasteiger partial charge is 0.467 e. The molecule has 0 aliphatic rings. The van der Waals surface area contributed by atoms with Crippen molar-refractivity contribution in [1.82, 2.24) is 15.5 Å². The number of furan rings is 1. The van der Waals surface area contributed by atoms with Gasteiger partial charge in [0, 0.05) is 0 Å². The molecule has 0 aliphatic heterocycles. The quantitative estimate of drug-likeness (QED) is 0.766. The second-order valence-electron chi connectivity index (χ2n) is 4.32. The van der Waals surface area contributed by atoms with Gasteiger partial charge in [-0.15, -0.1) is 0 Å². The Morgan fingerprint density at radius 2 is 2.39 bits per heavy atom. The molecule has 0 spiro atoms. The maximum absolute atomic E-state index is 11.9. The molecule has 0 fully saturated rings. The SMILES string of the molecule is CC(C)c1[nH]nc(C(=O)NCc2ccco2)c1N. The van der Waals surface area contributed by atoms with E-state index in [1.165, 1.54) is 0 Å². The van der Waals surface area contributed by atoms with Crippen LogP contribution in [0, 0.1) is 0 Å². The molecule has 2 heterocycles. The number of nitrogens with one attached hydrogen (secondary N) is 2. The van der Waals surface area contributed by atoms with E-state index in [0.717, 1.165) is 5.69 Å². The molecule has 1 amide bonds. The highest BCUT2D eigenvalue weighted by molar-refractivity contribution is 5.97. The first-order valence-corrected chi connectivity index (χ1v) is 5.74. The molecule has 0 aliphatic carbocycles. The Morgan fingerprint density at radius 1 is 1.61 bits per heavy atom. The third-order valence-electron chi connectivity index (χ3n) is 2.63. The van der Waals surface area contributed by atoms with Crippen molar-refractivity contribution in [3.05, 3.63) is 35.5 Å². The molecule has 6 nitrogen and oxygen atoms in total. The number of nitrogens with zero attached hydrogens (tertiary/aromatic N) is 1. The summed E-state index contributed by atoms with van der Waals surface area (Å²) in [5.74, 6) is 0.567. The molecule has 0 radical (unpaired) electrons. The minimum Gasteiger partial charge on any atom is -0.467 e. The molecule has 0 unspecified atom stereocenters. The van der Waals surface area contributed by atoms with Crippen molar-refractivity contribution in [1.29, 1.82) is 0 Å². The van der Waals surface area contributed by atoms with Crippen molar-refractivity contribution in [2.75, 3.05) is 5.73 Å². The lowest BCUT2D eigenvalue weighted by Gasteiger charge is -2.03. The topological polar surface area (TPSA) is 96.9 Å². The number of anilines is 1. The normalized spacial score (nSPS) is 10.8. The van der Waals surface area contributed by atoms with Crippen molar-refractivity contribution in [2.24, 2.45) is 0 Å². The second-order valence-corrected chi connectivity index (χ2v) is 4.32. The molecular weight excluding hydrogens is 232 g/mol. The van der Waals surface area contributed by atoms with Gasteiger partial charge in [0.25, 0.3) is 5.91 Å². The van der Waals surface area contributed by atoms with Gasteiger partial charge in [-0.1, -0.05) is 13.8 Å². The summed E-state index contributed by atoms with van der Waals surface area (Å²) in [5, 5.41) is 9.43. The van der Waals surface area contributed by atoms with E-state index in [-0.39, 0.29) is 17.5 Å². The lowest BCUT2D eigenvalue weighted by Crippen LogP contribution is -2.23. The number of carbonyl (C=O) groups is 1. The number of H-pyrrole nitrogens is 1. The van der Waals surface area contributed by atoms with Crippen LogP contribution in [0.3, 0.4) is 0 Å². The van der Waals surface area contributed by atoms with Gasteiger partial charge in [0.1, 0.15) is 5.76 Å². The summed E-state index contributed by atoms with van der Waals surface area (Å²) in [6, 6.07) is 3.55. The van der Waals surface area contributed by atoms with Crippen molar-refractivity contribution in [2.45, 2.75) is 26.3 Å². The summed E-state index contributed by atoms with van der Waals surface area (Å²) >= 11 is 0. The van der Waals surface area contributed by atoms with Gasteiger partial charge in [-0.25, -0.2) is 0 Å². The van der Waals surface area contributed by atoms with Crippen molar-refractivity contribution >= 4 is 11.6 Å². The minimum atomic E-state index is -0.313. The van der Waals surface area contributed by atoms with Gasteiger partial charge >= 0.3 is 0 Å². The van der Waals surface area contributed by atoms with Crippen LogP contribution in [0.25, 0.3) is 0 Å². The Bertz CT molecular complexity index is 528. The van der Waals surface area contributed by atoms with Crippen molar-refractivity contribution < 1.29 is 9.21 Å². The van der Waals surface area contributed by atoms with Crippen molar-refractivity contribution in [3.63, 3.8) is 0 Å². The van der Waals surface area contributed by atoms with Gasteiger partial charge in [0.2, 0.25) is 0 Å². The monoisotopic (exact) mass is 248 g/mol. The van der Waals surface area contributed by atoms with Crippen LogP contribution in [0.5, 0.6) is 0 Å². The van der Waals surface area contributed by atoms with E-state index in [1.807, 2.05) is 13.8 Å². The van der Waals surface area contributed by atoms with Gasteiger partial charge in [0.05, 0.1) is 24.2 Å². The molecule has 0 atom stereocenters. The lowest BCUT2D eigenvalue weighted by molar-refractivity contribution is 0.0944. The Hall–Kier alpha value is -2.24. The third-order valence-corrected chi connectivity index (χ3v) is 2.63. The number of nitrogens with two attached hydrogens (primary N) is 1. The number of carbonyl (C=O) groups excluding carboxylic acids is 1. The first kappa shape index (κ1) is 12.2. The van der Waals surface area contributed by atoms with Gasteiger partial charge in [-0.3, -0.25) is 9.89 Å². The van der Waals surface area contributed by atoms with Gasteiger partial charge in [-0.05, 0) is 18.1 Å². The van der Waals surface area contributed by atoms with Crippen LogP contribution in [0.4, 0.5) is 5.69 Å². The number of aromatic amines is 1. The average Bonchev–Trinajstić information content (AvgIpc) is 2.94. The molecule has 2 aromatic heterocycles. The summed E-state index contributed by atoms with van der Waals surface area (Å²) in [4.78, 5) is 11.9. The van der Waals surface area contributed by atoms with Crippen molar-refractivity contribution in [3.8, 4) is 0 Å². The molecule has 18 heavy (non-hydrogen) atoms. The molecule has 2 rings (SSSR count). The Labute approximate surface area is 105 Å². The lowest BCUT2D eigenvalue weighted by atomic mass is 10.1. The first-order valence-electron chi connectivity index (χ1n) is 5.74. The van der Waals surface area contributed by atoms with E-state index in [1.54, 1.807) is 18.4 Å². The van der Waals surface area contributed by atoms with Gasteiger partial charge in [-0.2, -0.15) is 5.10 Å². The zero-order valence-corrected chi connectivity index (χ0v) is 10.4. The van der Waals surface area contributed by atoms with Gasteiger partial charge < -0.3 is 15.5 Å². The summed E-state index contributed by atoms with van der Waals surface area (Å²) in [7, 11) is 0. The van der Waals surface area contributed by atoms with E-state index in [0.29, 0.717) is 18.0 Å². The third kappa shape index (κ3) is 2.37. The van der Waals surface area contributed by atoms with Gasteiger partial charge in [0.15, 0.2) is 5.69 Å². The summed E-state index contributed by atoms with van der Waals surface area (Å²) in [6.07, 6.45) is 1.56. The molecular formula is C12H16N4O2. The zero-order valence-electron chi connectivity index (χ0n) is 10.4. The highest BCUT2D eigenvalue weighted by Crippen LogP contribution is 2.21. The number of hydrogen-bond donors (Lipinski definition) is 3. The van der Waals surface area contributed by atoms with Crippen LogP contribution >= 0.6 is 0 Å². The number of amides is 1. The fourth-order valence-electron chi connectivity index (χ4n) is 1.64. The maximum atomic E-state index is 11.9. The fraction of sp³-hybridized carbons (Fsp3) is 0.333. The summed E-state index contributed by atoms with van der Waals surface area (Å²) in [6.45, 7) is 4.28. The maximum Gasteiger partial charge on any atom is 0.274 e. The summed E-state index contributed by atoms with van der Waals surface area (Å²) < 4.78 is 5.12. The number of aromatic nitrogens is 2. The van der Waals surface area contributed by atoms with E-state index in [9.17, 15) is 4.79 Å².